The van der Waals surface area contributed by atoms with Crippen molar-refractivity contribution in [2.24, 2.45) is 0 Å². The van der Waals surface area contributed by atoms with Crippen molar-refractivity contribution >= 4 is 17.5 Å². The second-order valence-corrected chi connectivity index (χ2v) is 10.1. The Morgan fingerprint density at radius 3 is 2.59 bits per heavy atom. The quantitative estimate of drug-likeness (QED) is 0.478. The number of aromatic nitrogens is 2. The number of nitrogens with one attached hydrogen (secondary N) is 1. The van der Waals surface area contributed by atoms with E-state index in [9.17, 15) is 9.18 Å². The van der Waals surface area contributed by atoms with Gasteiger partial charge >= 0.3 is 0 Å². The molecule has 0 saturated heterocycles. The Kier molecular flexibility index (Phi) is 6.13. The lowest BCUT2D eigenvalue weighted by atomic mass is 9.92. The van der Waals surface area contributed by atoms with Crippen molar-refractivity contribution < 1.29 is 9.18 Å². The van der Waals surface area contributed by atoms with Crippen LogP contribution in [0.3, 0.4) is 0 Å². The van der Waals surface area contributed by atoms with Gasteiger partial charge in [-0.25, -0.2) is 9.07 Å². The second-order valence-electron chi connectivity index (χ2n) is 9.66. The van der Waals surface area contributed by atoms with Crippen LogP contribution in [0.4, 0.5) is 4.39 Å². The molecule has 1 fully saturated rings. The van der Waals surface area contributed by atoms with Gasteiger partial charge in [-0.2, -0.15) is 5.10 Å². The summed E-state index contributed by atoms with van der Waals surface area (Å²) in [6.45, 7) is 8.41. The Morgan fingerprint density at radius 2 is 1.97 bits per heavy atom. The van der Waals surface area contributed by atoms with E-state index in [1.54, 1.807) is 6.92 Å². The average Bonchev–Trinajstić information content (AvgIpc) is 3.48. The lowest BCUT2D eigenvalue weighted by Crippen LogP contribution is -2.28. The highest BCUT2D eigenvalue weighted by molar-refractivity contribution is 6.30. The number of benzene rings is 2. The third kappa shape index (κ3) is 4.88. The predicted octanol–water partition coefficient (Wildman–Crippen LogP) is 6.26. The van der Waals surface area contributed by atoms with Crippen molar-refractivity contribution in [3.8, 4) is 5.69 Å². The summed E-state index contributed by atoms with van der Waals surface area (Å²) < 4.78 is 16.3. The number of carbonyl (C=O) groups excluding carboxylic acids is 1. The topological polar surface area (TPSA) is 46.9 Å². The molecule has 4 nitrogen and oxygen atoms in total. The molecule has 1 aliphatic rings. The maximum Gasteiger partial charge on any atom is 0.227 e. The summed E-state index contributed by atoms with van der Waals surface area (Å²) in [6, 6.07) is 14.7. The smallest absolute Gasteiger partial charge is 0.227 e. The van der Waals surface area contributed by atoms with E-state index in [2.05, 4.69) is 26.1 Å². The Balaban J connectivity index is 1.53. The van der Waals surface area contributed by atoms with Gasteiger partial charge in [0.1, 0.15) is 5.82 Å². The van der Waals surface area contributed by atoms with Crippen LogP contribution in [0.2, 0.25) is 5.02 Å². The van der Waals surface area contributed by atoms with Crippen LogP contribution in [-0.2, 0) is 16.8 Å². The largest absolute Gasteiger partial charge is 0.350 e. The third-order valence-electron chi connectivity index (χ3n) is 5.98. The molecular formula is C26H29ClFN3O. The molecule has 1 aliphatic carbocycles. The summed E-state index contributed by atoms with van der Waals surface area (Å²) in [6.07, 6.45) is 2.09. The van der Waals surface area contributed by atoms with Crippen LogP contribution >= 0.6 is 11.6 Å². The Labute approximate surface area is 193 Å². The molecule has 1 unspecified atom stereocenters. The molecule has 0 aliphatic heterocycles. The van der Waals surface area contributed by atoms with E-state index in [1.165, 1.54) is 6.07 Å². The Bertz CT molecular complexity index is 1140. The highest BCUT2D eigenvalue weighted by Crippen LogP contribution is 2.41. The van der Waals surface area contributed by atoms with Gasteiger partial charge in [-0.1, -0.05) is 50.6 Å². The Morgan fingerprint density at radius 1 is 1.22 bits per heavy atom. The minimum Gasteiger partial charge on any atom is -0.350 e. The number of halogens is 2. The van der Waals surface area contributed by atoms with Crippen molar-refractivity contribution in [2.45, 2.75) is 64.3 Å². The molecule has 0 spiro atoms. The first kappa shape index (κ1) is 22.5. The molecule has 1 aromatic heterocycles. The van der Waals surface area contributed by atoms with Gasteiger partial charge < -0.3 is 5.32 Å². The van der Waals surface area contributed by atoms with E-state index in [0.29, 0.717) is 23.0 Å². The van der Waals surface area contributed by atoms with E-state index in [0.717, 1.165) is 35.5 Å². The van der Waals surface area contributed by atoms with Crippen LogP contribution in [0.15, 0.2) is 48.5 Å². The average molecular weight is 454 g/mol. The molecule has 1 amide bonds. The van der Waals surface area contributed by atoms with Gasteiger partial charge in [0.25, 0.3) is 0 Å². The molecule has 1 N–H and O–H groups in total. The van der Waals surface area contributed by atoms with E-state index < -0.39 is 5.92 Å². The van der Waals surface area contributed by atoms with Crippen LogP contribution in [0.1, 0.15) is 74.9 Å². The number of amides is 1. The number of nitrogens with zero attached hydrogens (tertiary/aromatic N) is 2. The molecule has 32 heavy (non-hydrogen) atoms. The van der Waals surface area contributed by atoms with Crippen molar-refractivity contribution in [2.75, 3.05) is 0 Å². The minimum absolute atomic E-state index is 0.142. The van der Waals surface area contributed by atoms with Gasteiger partial charge in [0.15, 0.2) is 0 Å². The van der Waals surface area contributed by atoms with Gasteiger partial charge in [-0.3, -0.25) is 4.79 Å². The van der Waals surface area contributed by atoms with E-state index in [1.807, 2.05) is 47.1 Å². The van der Waals surface area contributed by atoms with Gasteiger partial charge in [-0.05, 0) is 67.1 Å². The number of hydrogen-bond acceptors (Lipinski definition) is 2. The summed E-state index contributed by atoms with van der Waals surface area (Å²) in [4.78, 5) is 12.9. The lowest BCUT2D eigenvalue weighted by Gasteiger charge is -2.14. The van der Waals surface area contributed by atoms with Crippen molar-refractivity contribution in [3.05, 3.63) is 81.9 Å². The molecule has 3 aromatic rings. The zero-order valence-electron chi connectivity index (χ0n) is 19.0. The first-order valence-electron chi connectivity index (χ1n) is 11.1. The molecule has 0 bridgehead atoms. The van der Waals surface area contributed by atoms with Crippen LogP contribution in [-0.4, -0.2) is 15.7 Å². The first-order chi connectivity index (χ1) is 15.1. The van der Waals surface area contributed by atoms with Gasteiger partial charge in [0, 0.05) is 10.4 Å². The molecular weight excluding hydrogens is 425 g/mol. The number of carbonyl (C=O) groups is 1. The van der Waals surface area contributed by atoms with Gasteiger partial charge in [0.2, 0.25) is 5.91 Å². The SMILES string of the molecule is CC(C(=O)NCc1cc(C(C)(C)C)nn1-c1cccc(Cl)c1)c1ccc(C2CC2)c(F)c1. The fourth-order valence-corrected chi connectivity index (χ4v) is 3.95. The highest BCUT2D eigenvalue weighted by atomic mass is 35.5. The molecule has 6 heteroatoms. The summed E-state index contributed by atoms with van der Waals surface area (Å²) in [5, 5.41) is 8.40. The van der Waals surface area contributed by atoms with Crippen LogP contribution in [0, 0.1) is 5.82 Å². The molecule has 4 rings (SSSR count). The van der Waals surface area contributed by atoms with Gasteiger partial charge in [0.05, 0.1) is 29.5 Å². The van der Waals surface area contributed by atoms with E-state index in [-0.39, 0.29) is 17.1 Å². The zero-order valence-corrected chi connectivity index (χ0v) is 19.7. The zero-order chi connectivity index (χ0) is 23.0. The van der Waals surface area contributed by atoms with Crippen molar-refractivity contribution in [1.82, 2.24) is 15.1 Å². The summed E-state index contributed by atoms with van der Waals surface area (Å²) in [7, 11) is 0. The third-order valence-corrected chi connectivity index (χ3v) is 6.22. The normalized spacial score (nSPS) is 14.9. The van der Waals surface area contributed by atoms with Crippen LogP contribution < -0.4 is 5.32 Å². The molecule has 1 atom stereocenters. The summed E-state index contributed by atoms with van der Waals surface area (Å²) in [5.74, 6) is -0.474. The van der Waals surface area contributed by atoms with Crippen LogP contribution in [0.25, 0.3) is 5.69 Å². The van der Waals surface area contributed by atoms with E-state index in [4.69, 9.17) is 16.7 Å². The fourth-order valence-electron chi connectivity index (χ4n) is 3.76. The molecule has 2 aromatic carbocycles. The van der Waals surface area contributed by atoms with E-state index >= 15 is 0 Å². The minimum atomic E-state index is -0.456. The first-order valence-corrected chi connectivity index (χ1v) is 11.4. The van der Waals surface area contributed by atoms with Crippen molar-refractivity contribution in [3.63, 3.8) is 0 Å². The highest BCUT2D eigenvalue weighted by Gasteiger charge is 2.27. The summed E-state index contributed by atoms with van der Waals surface area (Å²) >= 11 is 6.19. The predicted molar refractivity (Wildman–Crippen MR) is 126 cm³/mol. The maximum absolute atomic E-state index is 14.4. The molecule has 168 valence electrons. The Hall–Kier alpha value is -2.66. The molecule has 1 heterocycles. The number of hydrogen-bond donors (Lipinski definition) is 1. The second kappa shape index (κ2) is 8.70. The maximum atomic E-state index is 14.4. The lowest BCUT2D eigenvalue weighted by molar-refractivity contribution is -0.122. The van der Waals surface area contributed by atoms with Crippen molar-refractivity contribution in [1.29, 1.82) is 0 Å². The monoisotopic (exact) mass is 453 g/mol. The number of rotatable bonds is 6. The summed E-state index contributed by atoms with van der Waals surface area (Å²) in [5.41, 5.74) is 3.92. The van der Waals surface area contributed by atoms with Gasteiger partial charge in [-0.15, -0.1) is 0 Å². The standard InChI is InChI=1S/C26H29ClFN3O/c1-16(18-10-11-22(17-8-9-17)23(28)12-18)25(32)29-15-21-14-24(26(2,3)4)30-31(21)20-7-5-6-19(27)13-20/h5-7,10-14,16-17H,8-9,15H2,1-4H3,(H,29,32). The molecule has 1 saturated carbocycles. The van der Waals surface area contributed by atoms with Crippen LogP contribution in [0.5, 0.6) is 0 Å². The fraction of sp³-hybridized carbons (Fsp3) is 0.385. The molecule has 0 radical (unpaired) electrons.